The fraction of sp³-hybridized carbons (Fsp3) is 0.444. The number of aromatic hydroxyl groups is 3. The van der Waals surface area contributed by atoms with Gasteiger partial charge in [-0.3, -0.25) is 4.79 Å². The average Bonchev–Trinajstić information content (AvgIpc) is 2.96. The first-order valence-corrected chi connectivity index (χ1v) is 12.9. The summed E-state index contributed by atoms with van der Waals surface area (Å²) in [5.74, 6) is -2.00. The molecule has 9 N–H and O–H groups in total. The van der Waals surface area contributed by atoms with Crippen LogP contribution in [0, 0.1) is 0 Å². The van der Waals surface area contributed by atoms with Crippen molar-refractivity contribution in [3.8, 4) is 34.3 Å². The van der Waals surface area contributed by atoms with Gasteiger partial charge in [-0.25, -0.2) is 0 Å². The van der Waals surface area contributed by atoms with Crippen molar-refractivity contribution < 1.29 is 69.3 Å². The third-order valence-electron chi connectivity index (χ3n) is 7.23. The zero-order chi connectivity index (χ0) is 30.5. The van der Waals surface area contributed by atoms with Crippen LogP contribution in [0.4, 0.5) is 0 Å². The summed E-state index contributed by atoms with van der Waals surface area (Å²) in [7, 11) is 0. The summed E-state index contributed by atoms with van der Waals surface area (Å²) in [5.41, 5.74) is -0.967. The Kier molecular flexibility index (Phi) is 8.30. The molecule has 1 aromatic heterocycles. The van der Waals surface area contributed by atoms with E-state index in [1.807, 2.05) is 0 Å². The highest BCUT2D eigenvalue weighted by Gasteiger charge is 2.51. The lowest BCUT2D eigenvalue weighted by Gasteiger charge is -2.45. The first-order valence-electron chi connectivity index (χ1n) is 12.9. The van der Waals surface area contributed by atoms with E-state index in [0.717, 1.165) is 6.07 Å². The number of hydrogen-bond donors (Lipinski definition) is 9. The standard InChI is InChI=1S/C27H30O15/c1-9-17(31)20(34)23(37)26(38-9)42-25-21(35)18(32)15(8-28)41-27(25)39-12-6-13(30)16-14(7-12)40-24(22(36)19(16)33)10-2-4-11(29)5-3-10/h2-7,9,15,17-18,20-21,23,25-32,34-37H,8H2,1H3/t9?,15?,17-,18+,20-,21-,23?,25?,26-,27+/m0/s1. The Hall–Kier alpha value is -3.51. The molecule has 15 heteroatoms. The summed E-state index contributed by atoms with van der Waals surface area (Å²) in [5, 5.41) is 91.7. The van der Waals surface area contributed by atoms with Crippen LogP contribution in [0.25, 0.3) is 22.3 Å². The molecule has 0 bridgehead atoms. The van der Waals surface area contributed by atoms with Gasteiger partial charge < -0.3 is 69.3 Å². The Morgan fingerprint density at radius 1 is 0.833 bits per heavy atom. The highest BCUT2D eigenvalue weighted by molar-refractivity contribution is 5.88. The molecule has 2 aliphatic heterocycles. The number of benzene rings is 2. The maximum atomic E-state index is 12.9. The summed E-state index contributed by atoms with van der Waals surface area (Å²) in [6.07, 6.45) is -15.6. The molecular formula is C27H30O15. The molecule has 15 nitrogen and oxygen atoms in total. The molecule has 10 atom stereocenters. The first kappa shape index (κ1) is 30.0. The smallest absolute Gasteiger partial charge is 0.238 e. The van der Waals surface area contributed by atoms with Crippen molar-refractivity contribution in [2.24, 2.45) is 0 Å². The van der Waals surface area contributed by atoms with E-state index in [0.29, 0.717) is 0 Å². The molecule has 5 rings (SSSR count). The van der Waals surface area contributed by atoms with Gasteiger partial charge in [0.05, 0.1) is 12.7 Å². The van der Waals surface area contributed by atoms with E-state index in [1.54, 1.807) is 0 Å². The van der Waals surface area contributed by atoms with Crippen molar-refractivity contribution in [3.05, 3.63) is 46.6 Å². The first-order chi connectivity index (χ1) is 19.9. The highest BCUT2D eigenvalue weighted by Crippen LogP contribution is 2.37. The van der Waals surface area contributed by atoms with Gasteiger partial charge in [0.15, 0.2) is 18.2 Å². The molecule has 0 amide bonds. The van der Waals surface area contributed by atoms with E-state index >= 15 is 0 Å². The molecule has 4 unspecified atom stereocenters. The third-order valence-corrected chi connectivity index (χ3v) is 7.23. The minimum atomic E-state index is -1.79. The molecule has 0 spiro atoms. The van der Waals surface area contributed by atoms with Gasteiger partial charge in [0.25, 0.3) is 0 Å². The van der Waals surface area contributed by atoms with E-state index < -0.39 is 84.9 Å². The summed E-state index contributed by atoms with van der Waals surface area (Å²) < 4.78 is 28.2. The van der Waals surface area contributed by atoms with Gasteiger partial charge in [-0.05, 0) is 31.2 Å². The molecule has 3 aromatic rings. The second-order valence-electron chi connectivity index (χ2n) is 10.1. The largest absolute Gasteiger partial charge is 0.508 e. The molecule has 0 radical (unpaired) electrons. The summed E-state index contributed by atoms with van der Waals surface area (Å²) in [4.78, 5) is 12.9. The van der Waals surface area contributed by atoms with Crippen LogP contribution in [-0.2, 0) is 14.2 Å². The lowest BCUT2D eigenvalue weighted by atomic mass is 9.97. The van der Waals surface area contributed by atoms with Crippen LogP contribution < -0.4 is 10.2 Å². The molecule has 2 saturated heterocycles. The predicted octanol–water partition coefficient (Wildman–Crippen LogP) is -1.39. The second-order valence-corrected chi connectivity index (χ2v) is 10.1. The average molecular weight is 595 g/mol. The van der Waals surface area contributed by atoms with Gasteiger partial charge in [0, 0.05) is 17.7 Å². The predicted molar refractivity (Wildman–Crippen MR) is 139 cm³/mol. The van der Waals surface area contributed by atoms with Crippen LogP contribution in [0.1, 0.15) is 6.92 Å². The third kappa shape index (κ3) is 5.37. The van der Waals surface area contributed by atoms with E-state index in [2.05, 4.69) is 0 Å². The van der Waals surface area contributed by atoms with Gasteiger partial charge in [0.1, 0.15) is 64.8 Å². The molecule has 0 saturated carbocycles. The minimum Gasteiger partial charge on any atom is -0.508 e. The van der Waals surface area contributed by atoms with Crippen LogP contribution in [0.3, 0.4) is 0 Å². The Bertz CT molecular complexity index is 1470. The van der Waals surface area contributed by atoms with Crippen molar-refractivity contribution in [2.45, 2.75) is 68.3 Å². The summed E-state index contributed by atoms with van der Waals surface area (Å²) in [6, 6.07) is 7.54. The maximum absolute atomic E-state index is 12.9. The second kappa shape index (κ2) is 11.6. The monoisotopic (exact) mass is 594 g/mol. The number of aliphatic hydroxyl groups is 6. The number of fused-ring (bicyclic) bond motifs is 1. The Morgan fingerprint density at radius 2 is 1.52 bits per heavy atom. The van der Waals surface area contributed by atoms with Gasteiger partial charge in [-0.2, -0.15) is 0 Å². The van der Waals surface area contributed by atoms with Crippen molar-refractivity contribution in [3.63, 3.8) is 0 Å². The lowest BCUT2D eigenvalue weighted by molar-refractivity contribution is -0.354. The highest BCUT2D eigenvalue weighted by atomic mass is 16.8. The van der Waals surface area contributed by atoms with Gasteiger partial charge in [-0.15, -0.1) is 0 Å². The molecule has 2 fully saturated rings. The van der Waals surface area contributed by atoms with E-state index in [1.165, 1.54) is 37.3 Å². The quantitative estimate of drug-likeness (QED) is 0.159. The molecule has 228 valence electrons. The number of phenolic OH excluding ortho intramolecular Hbond substituents is 2. The Morgan fingerprint density at radius 3 is 2.19 bits per heavy atom. The minimum absolute atomic E-state index is 0.0706. The number of rotatable bonds is 6. The number of phenols is 2. The van der Waals surface area contributed by atoms with Crippen LogP contribution in [0.2, 0.25) is 0 Å². The number of hydrogen-bond acceptors (Lipinski definition) is 15. The molecule has 2 aliphatic rings. The normalized spacial score (nSPS) is 33.5. The van der Waals surface area contributed by atoms with Crippen LogP contribution in [0.15, 0.2) is 45.6 Å². The van der Waals surface area contributed by atoms with E-state index in [4.69, 9.17) is 23.4 Å². The lowest BCUT2D eigenvalue weighted by Crippen LogP contribution is -2.64. The molecular weight excluding hydrogens is 564 g/mol. The van der Waals surface area contributed by atoms with E-state index in [9.17, 15) is 50.8 Å². The van der Waals surface area contributed by atoms with E-state index in [-0.39, 0.29) is 33.8 Å². The fourth-order valence-corrected chi connectivity index (χ4v) is 4.85. The molecule has 0 aliphatic carbocycles. The Labute approximate surface area is 236 Å². The topological polar surface area (TPSA) is 249 Å². The van der Waals surface area contributed by atoms with Crippen molar-refractivity contribution >= 4 is 11.0 Å². The Balaban J connectivity index is 1.50. The number of aliphatic hydroxyl groups excluding tert-OH is 6. The summed E-state index contributed by atoms with van der Waals surface area (Å²) in [6.45, 7) is 0.660. The number of ether oxygens (including phenoxy) is 4. The summed E-state index contributed by atoms with van der Waals surface area (Å²) >= 11 is 0. The van der Waals surface area contributed by atoms with Crippen molar-refractivity contribution in [1.82, 2.24) is 0 Å². The molecule has 2 aromatic carbocycles. The molecule has 3 heterocycles. The van der Waals surface area contributed by atoms with Gasteiger partial charge in [0.2, 0.25) is 17.5 Å². The fourth-order valence-electron chi connectivity index (χ4n) is 4.85. The van der Waals surface area contributed by atoms with Gasteiger partial charge >= 0.3 is 0 Å². The van der Waals surface area contributed by atoms with Crippen LogP contribution in [0.5, 0.6) is 23.0 Å². The van der Waals surface area contributed by atoms with Crippen molar-refractivity contribution in [2.75, 3.05) is 6.61 Å². The van der Waals surface area contributed by atoms with Crippen LogP contribution in [-0.4, -0.2) is 114 Å². The SMILES string of the molecule is CC1O[C@@H](OC2[C@H](Oc3cc(O)c4c(=O)c(O)c(-c5ccc(O)cc5)oc4c3)OC(CO)[C@@H](O)[C@@H]2O)C(O)[C@@H](O)[C@H]1O. The van der Waals surface area contributed by atoms with Gasteiger partial charge in [-0.1, -0.05) is 0 Å². The van der Waals surface area contributed by atoms with Crippen molar-refractivity contribution in [1.29, 1.82) is 0 Å². The molecule has 42 heavy (non-hydrogen) atoms. The maximum Gasteiger partial charge on any atom is 0.238 e. The zero-order valence-electron chi connectivity index (χ0n) is 21.9. The zero-order valence-corrected chi connectivity index (χ0v) is 21.9. The van der Waals surface area contributed by atoms with Crippen LogP contribution >= 0.6 is 0 Å².